The summed E-state index contributed by atoms with van der Waals surface area (Å²) in [5.74, 6) is -0.224. The molecule has 1 aliphatic heterocycles. The van der Waals surface area contributed by atoms with Crippen molar-refractivity contribution >= 4 is 17.5 Å². The second-order valence-electron chi connectivity index (χ2n) is 6.66. The fourth-order valence-corrected chi connectivity index (χ4v) is 3.22. The Kier molecular flexibility index (Phi) is 5.96. The van der Waals surface area contributed by atoms with E-state index in [-0.39, 0.29) is 23.8 Å². The second-order valence-corrected chi connectivity index (χ2v) is 6.66. The predicted molar refractivity (Wildman–Crippen MR) is 104 cm³/mol. The zero-order valence-corrected chi connectivity index (χ0v) is 15.9. The molecule has 0 aliphatic carbocycles. The van der Waals surface area contributed by atoms with Crippen LogP contribution < -0.4 is 4.74 Å². The Balaban J connectivity index is 1.58. The molecule has 0 bridgehead atoms. The fraction of sp³-hybridized carbons (Fsp3) is 0.300. The van der Waals surface area contributed by atoms with Crippen molar-refractivity contribution in [3.05, 3.63) is 63.7 Å². The first-order valence-corrected chi connectivity index (χ1v) is 9.06. The van der Waals surface area contributed by atoms with Gasteiger partial charge in [-0.1, -0.05) is 12.1 Å². The van der Waals surface area contributed by atoms with Gasteiger partial charge in [0.05, 0.1) is 18.5 Å². The van der Waals surface area contributed by atoms with Crippen molar-refractivity contribution in [2.45, 2.75) is 6.42 Å². The smallest absolute Gasteiger partial charge is 0.310 e. The molecule has 0 aromatic heterocycles. The average molecular weight is 399 g/mol. The number of phenols is 1. The molecule has 0 saturated carbocycles. The lowest BCUT2D eigenvalue weighted by atomic mass is 10.1. The van der Waals surface area contributed by atoms with Crippen LogP contribution in [0.25, 0.3) is 0 Å². The summed E-state index contributed by atoms with van der Waals surface area (Å²) in [6, 6.07) is 10.9. The summed E-state index contributed by atoms with van der Waals surface area (Å²) in [7, 11) is 1.57. The Hall–Kier alpha value is -3.62. The molecule has 1 N–H and O–H groups in total. The molecule has 2 aromatic carbocycles. The number of rotatable bonds is 5. The maximum atomic E-state index is 12.6. The van der Waals surface area contributed by atoms with E-state index in [1.165, 1.54) is 6.07 Å². The van der Waals surface area contributed by atoms with Crippen molar-refractivity contribution in [1.82, 2.24) is 9.80 Å². The summed E-state index contributed by atoms with van der Waals surface area (Å²) in [4.78, 5) is 38.5. The lowest BCUT2D eigenvalue weighted by Gasteiger charge is -2.35. The van der Waals surface area contributed by atoms with Crippen LogP contribution in [-0.2, 0) is 11.2 Å². The van der Waals surface area contributed by atoms with Crippen molar-refractivity contribution in [2.24, 2.45) is 0 Å². The highest BCUT2D eigenvalue weighted by Crippen LogP contribution is 2.27. The highest BCUT2D eigenvalue weighted by Gasteiger charge is 2.26. The molecule has 0 spiro atoms. The molecule has 1 saturated heterocycles. The number of aromatic hydroxyl groups is 1. The van der Waals surface area contributed by atoms with Crippen molar-refractivity contribution in [3.63, 3.8) is 0 Å². The number of ether oxygens (including phenoxy) is 1. The standard InChI is InChI=1S/C20H21N3O6/c1-29-16-4-2-3-14(11-16)12-19(25)21-7-9-22(10-8-21)20(26)15-5-6-17(23(27)28)18(24)13-15/h2-6,11,13,24H,7-10,12H2,1H3. The van der Waals surface area contributed by atoms with Gasteiger partial charge in [-0.05, 0) is 29.8 Å². The van der Waals surface area contributed by atoms with Crippen LogP contribution in [0.2, 0.25) is 0 Å². The van der Waals surface area contributed by atoms with Gasteiger partial charge in [-0.25, -0.2) is 0 Å². The number of nitro benzene ring substituents is 1. The largest absolute Gasteiger partial charge is 0.502 e. The Morgan fingerprint density at radius 3 is 2.41 bits per heavy atom. The number of hydrogen-bond acceptors (Lipinski definition) is 6. The van der Waals surface area contributed by atoms with Crippen LogP contribution in [0.1, 0.15) is 15.9 Å². The van der Waals surface area contributed by atoms with Crippen LogP contribution in [0.5, 0.6) is 11.5 Å². The summed E-state index contributed by atoms with van der Waals surface area (Å²) in [5, 5.41) is 20.5. The van der Waals surface area contributed by atoms with Crippen LogP contribution in [0.15, 0.2) is 42.5 Å². The van der Waals surface area contributed by atoms with E-state index in [4.69, 9.17) is 4.74 Å². The Labute approximate surface area is 167 Å². The van der Waals surface area contributed by atoms with Gasteiger partial charge >= 0.3 is 5.69 Å². The van der Waals surface area contributed by atoms with Crippen LogP contribution in [0, 0.1) is 10.1 Å². The van der Waals surface area contributed by atoms with Crippen LogP contribution in [0.4, 0.5) is 5.69 Å². The third-order valence-electron chi connectivity index (χ3n) is 4.83. The van der Waals surface area contributed by atoms with Gasteiger partial charge in [0.2, 0.25) is 5.91 Å². The van der Waals surface area contributed by atoms with Crippen molar-refractivity contribution < 1.29 is 24.4 Å². The first kappa shape index (κ1) is 20.1. The number of benzene rings is 2. The lowest BCUT2D eigenvalue weighted by Crippen LogP contribution is -2.51. The summed E-state index contributed by atoms with van der Waals surface area (Å²) < 4.78 is 5.17. The van der Waals surface area contributed by atoms with Crippen molar-refractivity contribution in [3.8, 4) is 11.5 Å². The predicted octanol–water partition coefficient (Wildman–Crippen LogP) is 1.84. The maximum absolute atomic E-state index is 12.6. The zero-order valence-electron chi connectivity index (χ0n) is 15.9. The number of phenolic OH excluding ortho intramolecular Hbond substituents is 1. The fourth-order valence-electron chi connectivity index (χ4n) is 3.22. The molecule has 152 valence electrons. The number of nitrogens with zero attached hydrogens (tertiary/aromatic N) is 3. The Morgan fingerprint density at radius 2 is 1.79 bits per heavy atom. The van der Waals surface area contributed by atoms with E-state index < -0.39 is 16.4 Å². The number of amides is 2. The summed E-state index contributed by atoms with van der Waals surface area (Å²) in [5.41, 5.74) is 0.577. The quantitative estimate of drug-likeness (QED) is 0.606. The van der Waals surface area contributed by atoms with E-state index in [1.54, 1.807) is 16.9 Å². The normalized spacial score (nSPS) is 13.8. The average Bonchev–Trinajstić information content (AvgIpc) is 2.73. The van der Waals surface area contributed by atoms with E-state index in [2.05, 4.69) is 0 Å². The van der Waals surface area contributed by atoms with E-state index >= 15 is 0 Å². The molecule has 1 heterocycles. The molecular formula is C20H21N3O6. The maximum Gasteiger partial charge on any atom is 0.310 e. The number of nitro groups is 1. The van der Waals surface area contributed by atoms with Gasteiger partial charge in [0, 0.05) is 37.8 Å². The van der Waals surface area contributed by atoms with E-state index in [0.717, 1.165) is 17.7 Å². The number of carbonyl (C=O) groups is 2. The number of hydrogen-bond donors (Lipinski definition) is 1. The van der Waals surface area contributed by atoms with Gasteiger partial charge in [0.1, 0.15) is 5.75 Å². The Bertz CT molecular complexity index is 938. The monoisotopic (exact) mass is 399 g/mol. The number of methoxy groups -OCH3 is 1. The zero-order chi connectivity index (χ0) is 21.0. The van der Waals surface area contributed by atoms with Gasteiger partial charge in [-0.3, -0.25) is 19.7 Å². The van der Waals surface area contributed by atoms with Gasteiger partial charge in [0.15, 0.2) is 5.75 Å². The minimum atomic E-state index is -0.712. The van der Waals surface area contributed by atoms with Gasteiger partial charge in [-0.2, -0.15) is 0 Å². The van der Waals surface area contributed by atoms with Crippen molar-refractivity contribution in [2.75, 3.05) is 33.3 Å². The van der Waals surface area contributed by atoms with Gasteiger partial charge < -0.3 is 19.6 Å². The van der Waals surface area contributed by atoms with Crippen LogP contribution in [-0.4, -0.2) is 64.9 Å². The minimum Gasteiger partial charge on any atom is -0.502 e. The van der Waals surface area contributed by atoms with E-state index in [0.29, 0.717) is 31.9 Å². The SMILES string of the molecule is COc1cccc(CC(=O)N2CCN(C(=O)c3ccc([N+](=O)[O-])c(O)c3)CC2)c1. The molecule has 1 fully saturated rings. The number of carbonyl (C=O) groups excluding carboxylic acids is 2. The highest BCUT2D eigenvalue weighted by molar-refractivity contribution is 5.95. The van der Waals surface area contributed by atoms with E-state index in [1.807, 2.05) is 24.3 Å². The molecule has 0 atom stereocenters. The third kappa shape index (κ3) is 4.63. The molecule has 2 aromatic rings. The molecule has 9 heteroatoms. The van der Waals surface area contributed by atoms with Gasteiger partial charge in [-0.15, -0.1) is 0 Å². The molecule has 1 aliphatic rings. The Morgan fingerprint density at radius 1 is 1.10 bits per heavy atom. The summed E-state index contributed by atoms with van der Waals surface area (Å²) in [6.07, 6.45) is 0.251. The summed E-state index contributed by atoms with van der Waals surface area (Å²) in [6.45, 7) is 1.49. The molecule has 9 nitrogen and oxygen atoms in total. The lowest BCUT2D eigenvalue weighted by molar-refractivity contribution is -0.385. The second kappa shape index (κ2) is 8.59. The van der Waals surface area contributed by atoms with Crippen LogP contribution >= 0.6 is 0 Å². The molecule has 2 amide bonds. The van der Waals surface area contributed by atoms with Gasteiger partial charge in [0.25, 0.3) is 5.91 Å². The van der Waals surface area contributed by atoms with Crippen molar-refractivity contribution in [1.29, 1.82) is 0 Å². The van der Waals surface area contributed by atoms with E-state index in [9.17, 15) is 24.8 Å². The molecule has 0 unspecified atom stereocenters. The topological polar surface area (TPSA) is 113 Å². The first-order valence-electron chi connectivity index (χ1n) is 9.06. The molecule has 29 heavy (non-hydrogen) atoms. The molecule has 0 radical (unpaired) electrons. The highest BCUT2D eigenvalue weighted by atomic mass is 16.6. The molecule has 3 rings (SSSR count). The third-order valence-corrected chi connectivity index (χ3v) is 4.83. The van der Waals surface area contributed by atoms with Crippen LogP contribution in [0.3, 0.4) is 0 Å². The number of piperazine rings is 1. The first-order chi connectivity index (χ1) is 13.9. The summed E-state index contributed by atoms with van der Waals surface area (Å²) >= 11 is 0. The minimum absolute atomic E-state index is 0.0293. The molecular weight excluding hydrogens is 378 g/mol.